The third-order valence-electron chi connectivity index (χ3n) is 7.21. The van der Waals surface area contributed by atoms with Gasteiger partial charge in [0.25, 0.3) is 5.56 Å². The molecule has 2 aromatic heterocycles. The topological polar surface area (TPSA) is 72.2 Å². The highest BCUT2D eigenvalue weighted by atomic mass is 19.1. The first-order chi connectivity index (χ1) is 17.5. The predicted molar refractivity (Wildman–Crippen MR) is 140 cm³/mol. The van der Waals surface area contributed by atoms with Gasteiger partial charge in [0.05, 0.1) is 6.20 Å². The van der Waals surface area contributed by atoms with E-state index in [4.69, 9.17) is 0 Å². The number of carbonyl (C=O) groups excluding carboxylic acids is 1. The molecule has 1 N–H and O–H groups in total. The average Bonchev–Trinajstić information content (AvgIpc) is 3.20. The number of nitrogens with one attached hydrogen (secondary N) is 1. The van der Waals surface area contributed by atoms with Crippen molar-refractivity contribution in [3.8, 4) is 0 Å². The van der Waals surface area contributed by atoms with Crippen LogP contribution in [0.1, 0.15) is 38.2 Å². The second-order valence-electron chi connectivity index (χ2n) is 9.68. The lowest BCUT2D eigenvalue weighted by atomic mass is 10.0. The number of hydrogen-bond donors (Lipinski definition) is 1. The molecule has 1 atom stereocenters. The minimum atomic E-state index is -0.317. The van der Waals surface area contributed by atoms with Crippen molar-refractivity contribution in [2.45, 2.75) is 51.7 Å². The second kappa shape index (κ2) is 10.6. The lowest BCUT2D eigenvalue weighted by molar-refractivity contribution is -0.121. The normalized spacial score (nSPS) is 16.6. The van der Waals surface area contributed by atoms with Crippen molar-refractivity contribution in [3.05, 3.63) is 76.5 Å². The average molecular weight is 490 g/mol. The fraction of sp³-hybridized carbons (Fsp3) is 0.393. The van der Waals surface area contributed by atoms with Crippen LogP contribution >= 0.6 is 0 Å². The smallest absolute Gasteiger partial charge is 0.291 e. The van der Waals surface area contributed by atoms with Gasteiger partial charge < -0.3 is 14.8 Å². The van der Waals surface area contributed by atoms with E-state index in [9.17, 15) is 14.0 Å². The van der Waals surface area contributed by atoms with E-state index in [0.717, 1.165) is 41.4 Å². The van der Waals surface area contributed by atoms with Crippen molar-refractivity contribution in [1.82, 2.24) is 24.6 Å². The van der Waals surface area contributed by atoms with Crippen molar-refractivity contribution in [2.24, 2.45) is 0 Å². The Bertz CT molecular complexity index is 1430. The van der Waals surface area contributed by atoms with Crippen LogP contribution in [0.3, 0.4) is 0 Å². The molecule has 8 heteroatoms. The number of aromatic nitrogens is 3. The maximum absolute atomic E-state index is 13.5. The molecular weight excluding hydrogens is 457 g/mol. The van der Waals surface area contributed by atoms with Gasteiger partial charge in [-0.3, -0.25) is 9.59 Å². The second-order valence-corrected chi connectivity index (χ2v) is 9.68. The van der Waals surface area contributed by atoms with Gasteiger partial charge in [0.2, 0.25) is 5.91 Å². The first kappa shape index (κ1) is 24.2. The Kier molecular flexibility index (Phi) is 7.13. The van der Waals surface area contributed by atoms with Gasteiger partial charge >= 0.3 is 0 Å². The van der Waals surface area contributed by atoms with Crippen LogP contribution in [0.25, 0.3) is 21.8 Å². The molecule has 7 nitrogen and oxygen atoms in total. The number of likely N-dealkylation sites (tertiary alicyclic amines) is 1. The molecule has 3 heterocycles. The third-order valence-corrected chi connectivity index (χ3v) is 7.21. The molecule has 0 aliphatic carbocycles. The molecule has 1 aliphatic heterocycles. The summed E-state index contributed by atoms with van der Waals surface area (Å²) in [5.41, 5.74) is 1.94. The summed E-state index contributed by atoms with van der Waals surface area (Å²) in [4.78, 5) is 28.6. The number of carbonyl (C=O) groups is 1. The SMILES string of the molecule is C[C@@H]1CCCCN1CCCNC(=O)Cn1ncc2c3ccccc3n(Cc3ccc(F)cc3)c2c1=O. The Labute approximate surface area is 209 Å². The van der Waals surface area contributed by atoms with Crippen molar-refractivity contribution >= 4 is 27.7 Å². The zero-order chi connectivity index (χ0) is 25.1. The van der Waals surface area contributed by atoms with Gasteiger partial charge in [-0.2, -0.15) is 5.10 Å². The first-order valence-corrected chi connectivity index (χ1v) is 12.7. The van der Waals surface area contributed by atoms with Crippen LogP contribution in [0, 0.1) is 5.82 Å². The van der Waals surface area contributed by atoms with Gasteiger partial charge in [-0.15, -0.1) is 0 Å². The Hall–Kier alpha value is -3.52. The monoisotopic (exact) mass is 489 g/mol. The van der Waals surface area contributed by atoms with E-state index in [1.54, 1.807) is 18.3 Å². The molecule has 1 aliphatic rings. The van der Waals surface area contributed by atoms with E-state index < -0.39 is 0 Å². The van der Waals surface area contributed by atoms with Gasteiger partial charge in [-0.25, -0.2) is 9.07 Å². The molecule has 2 aromatic carbocycles. The van der Waals surface area contributed by atoms with E-state index in [-0.39, 0.29) is 23.8 Å². The lowest BCUT2D eigenvalue weighted by Crippen LogP contribution is -2.40. The summed E-state index contributed by atoms with van der Waals surface area (Å²) in [7, 11) is 0. The molecule has 4 aromatic rings. The van der Waals surface area contributed by atoms with Crippen molar-refractivity contribution in [3.63, 3.8) is 0 Å². The molecule has 188 valence electrons. The number of rotatable bonds is 8. The van der Waals surface area contributed by atoms with E-state index in [1.165, 1.54) is 36.1 Å². The highest BCUT2D eigenvalue weighted by Crippen LogP contribution is 2.27. The maximum atomic E-state index is 13.5. The van der Waals surface area contributed by atoms with Crippen LogP contribution < -0.4 is 10.9 Å². The minimum Gasteiger partial charge on any atom is -0.354 e. The van der Waals surface area contributed by atoms with E-state index in [2.05, 4.69) is 22.2 Å². The number of amides is 1. The van der Waals surface area contributed by atoms with Crippen LogP contribution in [0.15, 0.2) is 59.5 Å². The molecular formula is C28H32FN5O2. The number of piperidine rings is 1. The fourth-order valence-electron chi connectivity index (χ4n) is 5.23. The number of nitrogens with zero attached hydrogens (tertiary/aromatic N) is 4. The first-order valence-electron chi connectivity index (χ1n) is 12.7. The van der Waals surface area contributed by atoms with Gasteiger partial charge in [-0.1, -0.05) is 36.8 Å². The summed E-state index contributed by atoms with van der Waals surface area (Å²) in [5.74, 6) is -0.527. The molecule has 0 radical (unpaired) electrons. The van der Waals surface area contributed by atoms with Gasteiger partial charge in [0, 0.05) is 42.0 Å². The molecule has 5 rings (SSSR count). The van der Waals surface area contributed by atoms with Gasteiger partial charge in [-0.05, 0) is 56.5 Å². The molecule has 0 spiro atoms. The molecule has 1 saturated heterocycles. The summed E-state index contributed by atoms with van der Waals surface area (Å²) in [6.07, 6.45) is 6.31. The van der Waals surface area contributed by atoms with E-state index in [0.29, 0.717) is 24.6 Å². The van der Waals surface area contributed by atoms with E-state index in [1.807, 2.05) is 28.8 Å². The summed E-state index contributed by atoms with van der Waals surface area (Å²) in [6.45, 7) is 5.21. The molecule has 0 unspecified atom stereocenters. The fourth-order valence-corrected chi connectivity index (χ4v) is 5.23. The Morgan fingerprint density at radius 3 is 2.72 bits per heavy atom. The van der Waals surface area contributed by atoms with Crippen LogP contribution in [0.4, 0.5) is 4.39 Å². The van der Waals surface area contributed by atoms with Crippen molar-refractivity contribution in [2.75, 3.05) is 19.6 Å². The highest BCUT2D eigenvalue weighted by Gasteiger charge is 2.19. The lowest BCUT2D eigenvalue weighted by Gasteiger charge is -2.33. The summed E-state index contributed by atoms with van der Waals surface area (Å²) in [6, 6.07) is 14.6. The number of hydrogen-bond acceptors (Lipinski definition) is 4. The minimum absolute atomic E-state index is 0.132. The Morgan fingerprint density at radius 1 is 1.11 bits per heavy atom. The van der Waals surface area contributed by atoms with Crippen LogP contribution in [-0.2, 0) is 17.9 Å². The zero-order valence-corrected chi connectivity index (χ0v) is 20.6. The molecule has 1 amide bonds. The molecule has 0 saturated carbocycles. The molecule has 36 heavy (non-hydrogen) atoms. The van der Waals surface area contributed by atoms with Gasteiger partial charge in [0.1, 0.15) is 17.9 Å². The number of halogens is 1. The zero-order valence-electron chi connectivity index (χ0n) is 20.6. The quantitative estimate of drug-likeness (QED) is 0.381. The number of para-hydroxylation sites is 1. The van der Waals surface area contributed by atoms with Crippen molar-refractivity contribution < 1.29 is 9.18 Å². The van der Waals surface area contributed by atoms with Crippen LogP contribution in [-0.4, -0.2) is 50.8 Å². The third kappa shape index (κ3) is 5.04. The maximum Gasteiger partial charge on any atom is 0.291 e. The summed E-state index contributed by atoms with van der Waals surface area (Å²) in [5, 5.41) is 8.91. The van der Waals surface area contributed by atoms with Crippen LogP contribution in [0.5, 0.6) is 0 Å². The number of fused-ring (bicyclic) bond motifs is 3. The molecule has 1 fully saturated rings. The largest absolute Gasteiger partial charge is 0.354 e. The summed E-state index contributed by atoms with van der Waals surface area (Å²) >= 11 is 0. The highest BCUT2D eigenvalue weighted by molar-refractivity contribution is 6.07. The molecule has 0 bridgehead atoms. The number of benzene rings is 2. The Morgan fingerprint density at radius 2 is 1.92 bits per heavy atom. The van der Waals surface area contributed by atoms with Crippen molar-refractivity contribution in [1.29, 1.82) is 0 Å². The predicted octanol–water partition coefficient (Wildman–Crippen LogP) is 3.92. The summed E-state index contributed by atoms with van der Waals surface area (Å²) < 4.78 is 16.6. The van der Waals surface area contributed by atoms with E-state index >= 15 is 0 Å². The Balaban J connectivity index is 1.34. The standard InChI is InChI=1S/C28H32FN5O2/c1-20-7-4-5-15-32(20)16-6-14-30-26(35)19-34-28(36)27-24(17-31-34)23-8-2-3-9-25(23)33(27)18-21-10-12-22(29)13-11-21/h2-3,8-13,17,20H,4-7,14-16,18-19H2,1H3,(H,30,35)/t20-/m1/s1. The van der Waals surface area contributed by atoms with Crippen LogP contribution in [0.2, 0.25) is 0 Å². The van der Waals surface area contributed by atoms with Gasteiger partial charge in [0.15, 0.2) is 0 Å².